The Labute approximate surface area is 188 Å². The van der Waals surface area contributed by atoms with Crippen LogP contribution >= 0.6 is 0 Å². The molecule has 2 amide bonds. The van der Waals surface area contributed by atoms with Crippen molar-refractivity contribution in [3.8, 4) is 17.2 Å². The molecule has 0 aromatic heterocycles. The number of nitrogens with one attached hydrogen (secondary N) is 1. The number of amides is 2. The maximum Gasteiger partial charge on any atom is 0.322 e. The molecule has 1 aliphatic rings. The fourth-order valence-corrected chi connectivity index (χ4v) is 3.89. The molecule has 3 rings (SSSR count). The van der Waals surface area contributed by atoms with Crippen molar-refractivity contribution in [2.75, 3.05) is 39.3 Å². The molecule has 0 unspecified atom stereocenters. The van der Waals surface area contributed by atoms with Gasteiger partial charge in [0.15, 0.2) is 11.5 Å². The van der Waals surface area contributed by atoms with Gasteiger partial charge in [-0.1, -0.05) is 12.1 Å². The highest BCUT2D eigenvalue weighted by molar-refractivity contribution is 5.92. The first kappa shape index (κ1) is 23.2. The van der Waals surface area contributed by atoms with Crippen LogP contribution in [0, 0.1) is 0 Å². The molecule has 1 N–H and O–H groups in total. The van der Waals surface area contributed by atoms with Crippen LogP contribution in [0.1, 0.15) is 37.4 Å². The molecule has 2 aromatic rings. The molecule has 0 saturated heterocycles. The second kappa shape index (κ2) is 10.7. The lowest BCUT2D eigenvalue weighted by molar-refractivity contribution is -0.141. The van der Waals surface area contributed by atoms with E-state index in [2.05, 4.69) is 5.32 Å². The zero-order valence-corrected chi connectivity index (χ0v) is 19.0. The van der Waals surface area contributed by atoms with Crippen molar-refractivity contribution in [2.45, 2.75) is 32.7 Å². The Morgan fingerprint density at radius 2 is 1.72 bits per heavy atom. The van der Waals surface area contributed by atoms with Gasteiger partial charge >= 0.3 is 12.0 Å². The number of hydrogen-bond acceptors (Lipinski definition) is 6. The van der Waals surface area contributed by atoms with Gasteiger partial charge in [0.2, 0.25) is 0 Å². The average Bonchev–Trinajstić information content (AvgIpc) is 2.80. The van der Waals surface area contributed by atoms with E-state index in [-0.39, 0.29) is 12.5 Å². The molecular weight excluding hydrogens is 412 g/mol. The first-order chi connectivity index (χ1) is 15.5. The van der Waals surface area contributed by atoms with Crippen molar-refractivity contribution >= 4 is 17.7 Å². The Kier molecular flexibility index (Phi) is 7.81. The number of nitrogens with zero attached hydrogens (tertiary/aromatic N) is 1. The Morgan fingerprint density at radius 1 is 1.03 bits per heavy atom. The molecule has 0 bridgehead atoms. The topological polar surface area (TPSA) is 86.3 Å². The van der Waals surface area contributed by atoms with Crippen LogP contribution in [-0.4, -0.2) is 50.9 Å². The number of carbonyl (C=O) groups is 2. The Bertz CT molecular complexity index is 962. The van der Waals surface area contributed by atoms with Crippen LogP contribution in [0.3, 0.4) is 0 Å². The highest BCUT2D eigenvalue weighted by atomic mass is 16.5. The van der Waals surface area contributed by atoms with Crippen molar-refractivity contribution in [1.82, 2.24) is 4.90 Å². The molecule has 8 heteroatoms. The molecule has 172 valence electrons. The predicted molar refractivity (Wildman–Crippen MR) is 121 cm³/mol. The van der Waals surface area contributed by atoms with Crippen LogP contribution in [-0.2, 0) is 16.0 Å². The first-order valence-corrected chi connectivity index (χ1v) is 10.7. The summed E-state index contributed by atoms with van der Waals surface area (Å²) in [4.78, 5) is 27.2. The number of anilines is 1. The fourth-order valence-electron chi connectivity index (χ4n) is 3.89. The highest BCUT2D eigenvalue weighted by Gasteiger charge is 2.34. The fraction of sp³-hybridized carbons (Fsp3) is 0.417. The molecule has 0 saturated carbocycles. The summed E-state index contributed by atoms with van der Waals surface area (Å²) in [6.07, 6.45) is 0.654. The summed E-state index contributed by atoms with van der Waals surface area (Å²) >= 11 is 0. The number of para-hydroxylation sites is 2. The van der Waals surface area contributed by atoms with Gasteiger partial charge in [0.25, 0.3) is 0 Å². The molecule has 32 heavy (non-hydrogen) atoms. The number of benzene rings is 2. The molecule has 1 aliphatic heterocycles. The van der Waals surface area contributed by atoms with Crippen molar-refractivity contribution in [2.24, 2.45) is 0 Å². The molecule has 0 fully saturated rings. The van der Waals surface area contributed by atoms with E-state index in [0.29, 0.717) is 49.1 Å². The number of methoxy groups -OCH3 is 2. The van der Waals surface area contributed by atoms with E-state index in [1.807, 2.05) is 38.1 Å². The molecule has 2 aromatic carbocycles. The van der Waals surface area contributed by atoms with E-state index in [1.165, 1.54) is 7.11 Å². The third-order valence-electron chi connectivity index (χ3n) is 5.36. The number of rotatable bonds is 8. The van der Waals surface area contributed by atoms with Crippen molar-refractivity contribution in [3.05, 3.63) is 47.5 Å². The quantitative estimate of drug-likeness (QED) is 0.617. The SMILES string of the molecule is CCOc1cc2c(cc1OCC)[C@H](CC(=O)OC)N(C(=O)Nc1ccccc1OC)CC2. The summed E-state index contributed by atoms with van der Waals surface area (Å²) in [6.45, 7) is 5.23. The van der Waals surface area contributed by atoms with Crippen LogP contribution in [0.15, 0.2) is 36.4 Å². The van der Waals surface area contributed by atoms with E-state index in [4.69, 9.17) is 18.9 Å². The Morgan fingerprint density at radius 3 is 2.38 bits per heavy atom. The van der Waals surface area contributed by atoms with Gasteiger partial charge in [0.1, 0.15) is 5.75 Å². The number of hydrogen-bond donors (Lipinski definition) is 1. The summed E-state index contributed by atoms with van der Waals surface area (Å²) in [5, 5.41) is 2.91. The van der Waals surface area contributed by atoms with Crippen LogP contribution in [0.5, 0.6) is 17.2 Å². The minimum absolute atomic E-state index is 0.0301. The standard InChI is InChI=1S/C24H30N2O6/c1-5-31-21-13-16-11-12-26(24(28)25-18-9-7-8-10-20(18)29-3)19(15-23(27)30-4)17(16)14-22(21)32-6-2/h7-10,13-14,19H,5-6,11-12,15H2,1-4H3,(H,25,28)/t19-/m0/s1. The van der Waals surface area contributed by atoms with Crippen LogP contribution in [0.4, 0.5) is 10.5 Å². The second-order valence-corrected chi connectivity index (χ2v) is 7.23. The third kappa shape index (κ3) is 5.07. The molecule has 0 radical (unpaired) electrons. The van der Waals surface area contributed by atoms with E-state index in [1.54, 1.807) is 24.1 Å². The predicted octanol–water partition coefficient (Wildman–Crippen LogP) is 4.19. The number of esters is 1. The molecule has 8 nitrogen and oxygen atoms in total. The van der Waals surface area contributed by atoms with Gasteiger partial charge in [-0.2, -0.15) is 0 Å². The molecule has 1 heterocycles. The molecule has 0 spiro atoms. The van der Waals surface area contributed by atoms with Crippen molar-refractivity contribution in [1.29, 1.82) is 0 Å². The van der Waals surface area contributed by atoms with Crippen molar-refractivity contribution < 1.29 is 28.5 Å². The lowest BCUT2D eigenvalue weighted by atomic mass is 9.90. The van der Waals surface area contributed by atoms with E-state index in [0.717, 1.165) is 11.1 Å². The minimum atomic E-state index is -0.504. The van der Waals surface area contributed by atoms with Gasteiger partial charge in [0, 0.05) is 6.54 Å². The number of ether oxygens (including phenoxy) is 4. The van der Waals surface area contributed by atoms with Crippen LogP contribution < -0.4 is 19.5 Å². The normalized spacial score (nSPS) is 14.9. The average molecular weight is 443 g/mol. The number of carbonyl (C=O) groups excluding carboxylic acids is 2. The molecule has 1 atom stereocenters. The smallest absolute Gasteiger partial charge is 0.322 e. The third-order valence-corrected chi connectivity index (χ3v) is 5.36. The maximum atomic E-state index is 13.3. The van der Waals surface area contributed by atoms with Gasteiger partial charge in [-0.25, -0.2) is 4.79 Å². The summed E-state index contributed by atoms with van der Waals surface area (Å²) in [5.41, 5.74) is 2.43. The lowest BCUT2D eigenvalue weighted by Gasteiger charge is -2.37. The second-order valence-electron chi connectivity index (χ2n) is 7.23. The monoisotopic (exact) mass is 442 g/mol. The van der Waals surface area contributed by atoms with Crippen molar-refractivity contribution in [3.63, 3.8) is 0 Å². The minimum Gasteiger partial charge on any atom is -0.495 e. The summed E-state index contributed by atoms with van der Waals surface area (Å²) < 4.78 is 21.8. The van der Waals surface area contributed by atoms with Gasteiger partial charge in [-0.3, -0.25) is 4.79 Å². The zero-order chi connectivity index (χ0) is 23.1. The van der Waals surface area contributed by atoms with Gasteiger partial charge in [-0.05, 0) is 55.7 Å². The lowest BCUT2D eigenvalue weighted by Crippen LogP contribution is -2.43. The Balaban J connectivity index is 1.97. The van der Waals surface area contributed by atoms with Crippen LogP contribution in [0.25, 0.3) is 0 Å². The largest absolute Gasteiger partial charge is 0.495 e. The first-order valence-electron chi connectivity index (χ1n) is 10.7. The summed E-state index contributed by atoms with van der Waals surface area (Å²) in [7, 11) is 2.89. The highest BCUT2D eigenvalue weighted by Crippen LogP contribution is 2.40. The number of fused-ring (bicyclic) bond motifs is 1. The van der Waals surface area contributed by atoms with E-state index in [9.17, 15) is 9.59 Å². The summed E-state index contributed by atoms with van der Waals surface area (Å²) in [5.74, 6) is 1.42. The summed E-state index contributed by atoms with van der Waals surface area (Å²) in [6, 6.07) is 10.2. The zero-order valence-electron chi connectivity index (χ0n) is 19.0. The number of urea groups is 1. The van der Waals surface area contributed by atoms with Gasteiger partial charge in [0.05, 0.1) is 45.6 Å². The maximum absolute atomic E-state index is 13.3. The van der Waals surface area contributed by atoms with Gasteiger partial charge < -0.3 is 29.2 Å². The molecule has 0 aliphatic carbocycles. The Hall–Kier alpha value is -3.42. The van der Waals surface area contributed by atoms with E-state index < -0.39 is 12.0 Å². The van der Waals surface area contributed by atoms with E-state index >= 15 is 0 Å². The molecular formula is C24H30N2O6. The van der Waals surface area contributed by atoms with Crippen LogP contribution in [0.2, 0.25) is 0 Å². The van der Waals surface area contributed by atoms with Gasteiger partial charge in [-0.15, -0.1) is 0 Å².